The lowest BCUT2D eigenvalue weighted by Crippen LogP contribution is -2.14. The molecular weight excluding hydrogens is 382 g/mol. The van der Waals surface area contributed by atoms with E-state index in [-0.39, 0.29) is 17.6 Å². The maximum Gasteiger partial charge on any atom is 0.346 e. The third kappa shape index (κ3) is 5.32. The number of nitriles is 1. The first-order valence-corrected chi connectivity index (χ1v) is 10.6. The van der Waals surface area contributed by atoms with Gasteiger partial charge in [-0.05, 0) is 50.8 Å². The average Bonchev–Trinajstić information content (AvgIpc) is 3.01. The molecule has 3 rings (SSSR count). The molecule has 0 saturated heterocycles. The molecule has 0 amide bonds. The van der Waals surface area contributed by atoms with Crippen LogP contribution >= 0.6 is 0 Å². The first-order valence-electron chi connectivity index (χ1n) is 10.6. The highest BCUT2D eigenvalue weighted by Gasteiger charge is 2.20. The highest BCUT2D eigenvalue weighted by Crippen LogP contribution is 2.30. The number of imidazole rings is 1. The number of carbonyl (C=O) groups is 1. The molecule has 2 aromatic heterocycles. The molecular formula is C23H29N3O4. The van der Waals surface area contributed by atoms with Crippen LogP contribution in [0.4, 0.5) is 0 Å². The van der Waals surface area contributed by atoms with Crippen LogP contribution < -0.4 is 9.47 Å². The topological polar surface area (TPSA) is 96.9 Å². The monoisotopic (exact) mass is 411 g/mol. The number of aromatic nitrogens is 2. The van der Waals surface area contributed by atoms with Crippen molar-refractivity contribution in [2.75, 3.05) is 6.61 Å². The van der Waals surface area contributed by atoms with Gasteiger partial charge in [-0.1, -0.05) is 32.1 Å². The maximum absolute atomic E-state index is 11.3. The van der Waals surface area contributed by atoms with Gasteiger partial charge in [0.1, 0.15) is 17.3 Å². The number of fused-ring (bicyclic) bond motifs is 1. The van der Waals surface area contributed by atoms with Gasteiger partial charge in [-0.15, -0.1) is 0 Å². The number of carboxylic acid groups (broad SMARTS) is 1. The van der Waals surface area contributed by atoms with E-state index < -0.39 is 5.97 Å². The molecule has 2 aromatic rings. The first-order chi connectivity index (χ1) is 14.5. The van der Waals surface area contributed by atoms with Crippen molar-refractivity contribution < 1.29 is 19.4 Å². The minimum Gasteiger partial charge on any atom is -0.489 e. The molecule has 2 heterocycles. The summed E-state index contributed by atoms with van der Waals surface area (Å²) < 4.78 is 13.7. The number of rotatable bonds is 7. The van der Waals surface area contributed by atoms with E-state index in [4.69, 9.17) is 9.47 Å². The zero-order chi connectivity index (χ0) is 21.5. The van der Waals surface area contributed by atoms with Crippen LogP contribution in [-0.2, 0) is 4.79 Å². The lowest BCUT2D eigenvalue weighted by Gasteiger charge is -2.20. The van der Waals surface area contributed by atoms with E-state index in [1.54, 1.807) is 16.7 Å². The minimum absolute atomic E-state index is 0.156. The van der Waals surface area contributed by atoms with Gasteiger partial charge < -0.3 is 14.6 Å². The number of carboxylic acids is 1. The van der Waals surface area contributed by atoms with E-state index in [1.807, 2.05) is 26.0 Å². The maximum atomic E-state index is 11.3. The second-order valence-corrected chi connectivity index (χ2v) is 8.03. The van der Waals surface area contributed by atoms with Crippen LogP contribution in [-0.4, -0.2) is 33.2 Å². The van der Waals surface area contributed by atoms with E-state index in [9.17, 15) is 15.2 Å². The van der Waals surface area contributed by atoms with Crippen molar-refractivity contribution in [2.24, 2.45) is 5.92 Å². The Balaban J connectivity index is 1.93. The summed E-state index contributed by atoms with van der Waals surface area (Å²) in [5.41, 5.74) is 0.577. The zero-order valence-electron chi connectivity index (χ0n) is 17.6. The lowest BCUT2D eigenvalue weighted by atomic mass is 9.92. The Kier molecular flexibility index (Phi) is 7.34. The Hall–Kier alpha value is -3.01. The summed E-state index contributed by atoms with van der Waals surface area (Å²) in [6.45, 7) is 4.37. The fraction of sp³-hybridized carbons (Fsp3) is 0.522. The van der Waals surface area contributed by atoms with Crippen LogP contribution in [0.1, 0.15) is 64.5 Å². The van der Waals surface area contributed by atoms with Crippen LogP contribution in [0.3, 0.4) is 0 Å². The Morgan fingerprint density at radius 2 is 2.03 bits per heavy atom. The second-order valence-electron chi connectivity index (χ2n) is 8.03. The van der Waals surface area contributed by atoms with Gasteiger partial charge in [0.2, 0.25) is 5.88 Å². The normalized spacial score (nSPS) is 16.1. The molecule has 1 aliphatic rings. The van der Waals surface area contributed by atoms with Crippen molar-refractivity contribution in [3.63, 3.8) is 0 Å². The average molecular weight is 412 g/mol. The van der Waals surface area contributed by atoms with Crippen LogP contribution in [0.25, 0.3) is 11.7 Å². The summed E-state index contributed by atoms with van der Waals surface area (Å²) in [5.74, 6) is 0.144. The Bertz CT molecular complexity index is 947. The Morgan fingerprint density at radius 3 is 2.67 bits per heavy atom. The smallest absolute Gasteiger partial charge is 0.346 e. The van der Waals surface area contributed by atoms with E-state index in [1.165, 1.54) is 51.0 Å². The second kappa shape index (κ2) is 10.1. The Morgan fingerprint density at radius 1 is 1.33 bits per heavy atom. The van der Waals surface area contributed by atoms with E-state index >= 15 is 0 Å². The van der Waals surface area contributed by atoms with Crippen molar-refractivity contribution >= 4 is 17.7 Å². The molecule has 1 aliphatic carbocycles. The molecule has 0 unspecified atom stereocenters. The third-order valence-corrected chi connectivity index (χ3v) is 5.30. The van der Waals surface area contributed by atoms with Crippen LogP contribution in [0, 0.1) is 17.2 Å². The third-order valence-electron chi connectivity index (χ3n) is 5.30. The first kappa shape index (κ1) is 21.7. The molecule has 0 radical (unpaired) electrons. The Labute approximate surface area is 176 Å². The molecule has 30 heavy (non-hydrogen) atoms. The van der Waals surface area contributed by atoms with E-state index in [0.29, 0.717) is 29.6 Å². The number of hydrogen-bond acceptors (Lipinski definition) is 5. The van der Waals surface area contributed by atoms with Gasteiger partial charge in [-0.25, -0.2) is 4.79 Å². The number of hydrogen-bond donors (Lipinski definition) is 1. The van der Waals surface area contributed by atoms with Gasteiger partial charge in [0.15, 0.2) is 11.4 Å². The minimum atomic E-state index is -1.29. The van der Waals surface area contributed by atoms with Crippen molar-refractivity contribution in [2.45, 2.75) is 64.9 Å². The quantitative estimate of drug-likeness (QED) is 0.517. The molecule has 0 spiro atoms. The number of ether oxygens (including phenoxy) is 2. The molecule has 0 aromatic carbocycles. The summed E-state index contributed by atoms with van der Waals surface area (Å²) in [5, 5.41) is 18.4. The van der Waals surface area contributed by atoms with Gasteiger partial charge in [0.25, 0.3) is 0 Å². The predicted molar refractivity (Wildman–Crippen MR) is 113 cm³/mol. The molecule has 7 nitrogen and oxygen atoms in total. The van der Waals surface area contributed by atoms with Gasteiger partial charge in [-0.2, -0.15) is 10.2 Å². The van der Waals surface area contributed by atoms with Crippen molar-refractivity contribution in [1.82, 2.24) is 9.38 Å². The molecule has 0 bridgehead atoms. The molecule has 1 saturated carbocycles. The van der Waals surface area contributed by atoms with Gasteiger partial charge in [0.05, 0.1) is 12.7 Å². The van der Waals surface area contributed by atoms with E-state index in [0.717, 1.165) is 0 Å². The van der Waals surface area contributed by atoms with Crippen LogP contribution in [0.5, 0.6) is 11.6 Å². The molecule has 1 N–H and O–H groups in total. The van der Waals surface area contributed by atoms with Gasteiger partial charge in [-0.3, -0.25) is 4.40 Å². The summed E-state index contributed by atoms with van der Waals surface area (Å²) in [6.07, 6.45) is 11.7. The number of aliphatic carboxylic acids is 1. The van der Waals surface area contributed by atoms with E-state index in [2.05, 4.69) is 4.98 Å². The summed E-state index contributed by atoms with van der Waals surface area (Å²) in [4.78, 5) is 15.9. The molecule has 1 fully saturated rings. The molecule has 160 valence electrons. The predicted octanol–water partition coefficient (Wildman–Crippen LogP) is 4.85. The number of nitrogens with zero attached hydrogens (tertiary/aromatic N) is 3. The summed E-state index contributed by atoms with van der Waals surface area (Å²) in [7, 11) is 0. The molecule has 0 atom stereocenters. The zero-order valence-corrected chi connectivity index (χ0v) is 17.6. The van der Waals surface area contributed by atoms with Crippen molar-refractivity contribution in [3.8, 4) is 17.7 Å². The summed E-state index contributed by atoms with van der Waals surface area (Å²) >= 11 is 0. The highest BCUT2D eigenvalue weighted by atomic mass is 16.5. The van der Waals surface area contributed by atoms with Crippen LogP contribution in [0.2, 0.25) is 0 Å². The fourth-order valence-electron chi connectivity index (χ4n) is 3.79. The largest absolute Gasteiger partial charge is 0.489 e. The van der Waals surface area contributed by atoms with Gasteiger partial charge >= 0.3 is 5.97 Å². The fourth-order valence-corrected chi connectivity index (χ4v) is 3.79. The van der Waals surface area contributed by atoms with Crippen LogP contribution in [0.15, 0.2) is 23.9 Å². The van der Waals surface area contributed by atoms with Crippen molar-refractivity contribution in [1.29, 1.82) is 5.26 Å². The highest BCUT2D eigenvalue weighted by molar-refractivity contribution is 5.96. The lowest BCUT2D eigenvalue weighted by molar-refractivity contribution is -0.132. The standard InChI is InChI=1S/C23H29N3O4/c1-16(2)30-22-19(13-18(14-24)23(27)28)26-12-8-11-20(21(26)25-22)29-15-17-9-6-4-3-5-7-10-17/h8,11-13,16-17H,3-7,9-10,15H2,1-2H3,(H,27,28). The summed E-state index contributed by atoms with van der Waals surface area (Å²) in [6, 6.07) is 5.40. The number of pyridine rings is 1. The van der Waals surface area contributed by atoms with Gasteiger partial charge in [0, 0.05) is 6.20 Å². The molecule has 0 aliphatic heterocycles. The molecule has 7 heteroatoms. The van der Waals surface area contributed by atoms with Crippen molar-refractivity contribution in [3.05, 3.63) is 29.6 Å². The SMILES string of the molecule is CC(C)Oc1nc2c(OCC3CCCCCCC3)cccn2c1C=C(C#N)C(=O)O.